The van der Waals surface area contributed by atoms with E-state index in [1.165, 1.54) is 0 Å². The third kappa shape index (κ3) is 4.49. The second-order valence-electron chi connectivity index (χ2n) is 3.58. The van der Waals surface area contributed by atoms with E-state index in [4.69, 9.17) is 4.74 Å². The molecule has 0 N–H and O–H groups in total. The molecule has 0 aromatic carbocycles. The Hall–Kier alpha value is -0.610. The zero-order valence-corrected chi connectivity index (χ0v) is 11.5. The predicted molar refractivity (Wildman–Crippen MR) is 70.2 cm³/mol. The third-order valence-corrected chi connectivity index (χ3v) is 2.99. The van der Waals surface area contributed by atoms with Gasteiger partial charge in [0.2, 0.25) is 5.88 Å². The van der Waals surface area contributed by atoms with E-state index in [-0.39, 0.29) is 0 Å². The van der Waals surface area contributed by atoms with Gasteiger partial charge in [-0.15, -0.1) is 0 Å². The summed E-state index contributed by atoms with van der Waals surface area (Å²) in [5.74, 6) is 0.689. The molecule has 0 unspecified atom stereocenters. The van der Waals surface area contributed by atoms with Gasteiger partial charge in [-0.05, 0) is 25.6 Å². The molecule has 16 heavy (non-hydrogen) atoms. The molecule has 0 aliphatic heterocycles. The number of alkyl halides is 1. The Morgan fingerprint density at radius 3 is 2.88 bits per heavy atom. The Morgan fingerprint density at radius 1 is 1.44 bits per heavy atom. The maximum Gasteiger partial charge on any atom is 0.213 e. The summed E-state index contributed by atoms with van der Waals surface area (Å²) < 4.78 is 5.11. The summed E-state index contributed by atoms with van der Waals surface area (Å²) in [6, 6.07) is 5.90. The van der Waals surface area contributed by atoms with Crippen LogP contribution in [0.25, 0.3) is 0 Å². The predicted octanol–water partition coefficient (Wildman–Crippen LogP) is 2.70. The number of pyridine rings is 1. The smallest absolute Gasteiger partial charge is 0.213 e. The topological polar surface area (TPSA) is 25.4 Å². The highest BCUT2D eigenvalue weighted by Gasteiger charge is 2.04. The largest absolute Gasteiger partial charge is 0.481 e. The molecular weight excluding hydrogens is 268 g/mol. The van der Waals surface area contributed by atoms with Crippen molar-refractivity contribution in [3.05, 3.63) is 23.9 Å². The first-order valence-corrected chi connectivity index (χ1v) is 6.70. The zero-order valence-electron chi connectivity index (χ0n) is 9.95. The zero-order chi connectivity index (χ0) is 11.8. The molecule has 0 saturated carbocycles. The van der Waals surface area contributed by atoms with E-state index >= 15 is 0 Å². The molecule has 90 valence electrons. The van der Waals surface area contributed by atoms with Crippen molar-refractivity contribution in [1.82, 2.24) is 9.88 Å². The lowest BCUT2D eigenvalue weighted by atomic mass is 10.3. The van der Waals surface area contributed by atoms with Gasteiger partial charge in [-0.3, -0.25) is 4.90 Å². The van der Waals surface area contributed by atoms with Crippen LogP contribution >= 0.6 is 15.9 Å². The fourth-order valence-corrected chi connectivity index (χ4v) is 1.77. The molecule has 4 heteroatoms. The van der Waals surface area contributed by atoms with Gasteiger partial charge in [0, 0.05) is 17.9 Å². The van der Waals surface area contributed by atoms with Crippen LogP contribution in [-0.4, -0.2) is 35.4 Å². The number of hydrogen-bond acceptors (Lipinski definition) is 3. The number of rotatable bonds is 7. The number of methoxy groups -OCH3 is 1. The molecule has 0 amide bonds. The Morgan fingerprint density at radius 2 is 2.25 bits per heavy atom. The van der Waals surface area contributed by atoms with Crippen LogP contribution in [0.15, 0.2) is 18.2 Å². The van der Waals surface area contributed by atoms with E-state index in [0.717, 1.165) is 37.1 Å². The highest BCUT2D eigenvalue weighted by Crippen LogP contribution is 2.09. The summed E-state index contributed by atoms with van der Waals surface area (Å²) in [4.78, 5) is 6.79. The molecule has 0 aliphatic rings. The second-order valence-corrected chi connectivity index (χ2v) is 4.38. The molecular formula is C12H19BrN2O. The summed E-state index contributed by atoms with van der Waals surface area (Å²) in [6.45, 7) is 5.21. The number of nitrogens with zero attached hydrogens (tertiary/aromatic N) is 2. The standard InChI is InChI=1S/C12H19BrN2O/c1-3-15(9-5-8-13)10-11-6-4-7-12(14-11)16-2/h4,6-7H,3,5,8-10H2,1-2H3. The van der Waals surface area contributed by atoms with Gasteiger partial charge in [-0.1, -0.05) is 28.9 Å². The molecule has 1 aromatic rings. The van der Waals surface area contributed by atoms with Gasteiger partial charge in [0.25, 0.3) is 0 Å². The molecule has 0 saturated heterocycles. The minimum Gasteiger partial charge on any atom is -0.481 e. The van der Waals surface area contributed by atoms with Crippen molar-refractivity contribution >= 4 is 15.9 Å². The highest BCUT2D eigenvalue weighted by molar-refractivity contribution is 9.09. The van der Waals surface area contributed by atoms with Gasteiger partial charge < -0.3 is 4.74 Å². The summed E-state index contributed by atoms with van der Waals surface area (Å²) in [5.41, 5.74) is 1.07. The Kier molecular flexibility index (Phi) is 6.42. The Balaban J connectivity index is 2.55. The first-order chi connectivity index (χ1) is 7.80. The summed E-state index contributed by atoms with van der Waals surface area (Å²) in [5, 5.41) is 1.05. The van der Waals surface area contributed by atoms with Crippen molar-refractivity contribution in [2.45, 2.75) is 19.9 Å². The minimum absolute atomic E-state index is 0.689. The number of hydrogen-bond donors (Lipinski definition) is 0. The van der Waals surface area contributed by atoms with Gasteiger partial charge in [0.05, 0.1) is 12.8 Å². The van der Waals surface area contributed by atoms with E-state index in [1.54, 1.807) is 7.11 Å². The third-order valence-electron chi connectivity index (χ3n) is 2.43. The van der Waals surface area contributed by atoms with Crippen molar-refractivity contribution in [2.24, 2.45) is 0 Å². The maximum atomic E-state index is 5.11. The molecule has 0 aliphatic carbocycles. The van der Waals surface area contributed by atoms with Crippen LogP contribution in [-0.2, 0) is 6.54 Å². The Labute approximate surface area is 106 Å². The SMILES string of the molecule is CCN(CCCBr)Cc1cccc(OC)n1. The van der Waals surface area contributed by atoms with Crippen molar-refractivity contribution in [2.75, 3.05) is 25.5 Å². The average molecular weight is 287 g/mol. The number of aromatic nitrogens is 1. The molecule has 0 spiro atoms. The van der Waals surface area contributed by atoms with Crippen LogP contribution in [0.2, 0.25) is 0 Å². The first-order valence-electron chi connectivity index (χ1n) is 5.58. The van der Waals surface area contributed by atoms with Crippen LogP contribution in [0.5, 0.6) is 5.88 Å². The van der Waals surface area contributed by atoms with E-state index in [9.17, 15) is 0 Å². The van der Waals surface area contributed by atoms with Crippen LogP contribution < -0.4 is 4.74 Å². The van der Waals surface area contributed by atoms with Crippen LogP contribution in [0, 0.1) is 0 Å². The van der Waals surface area contributed by atoms with Gasteiger partial charge in [-0.25, -0.2) is 4.98 Å². The fourth-order valence-electron chi connectivity index (χ4n) is 1.52. The van der Waals surface area contributed by atoms with E-state index in [1.807, 2.05) is 18.2 Å². The molecule has 3 nitrogen and oxygen atoms in total. The molecule has 1 heterocycles. The fraction of sp³-hybridized carbons (Fsp3) is 0.583. The summed E-state index contributed by atoms with van der Waals surface area (Å²) in [7, 11) is 1.65. The van der Waals surface area contributed by atoms with E-state index in [2.05, 4.69) is 32.7 Å². The van der Waals surface area contributed by atoms with E-state index in [0.29, 0.717) is 5.88 Å². The van der Waals surface area contributed by atoms with Crippen molar-refractivity contribution < 1.29 is 4.74 Å². The van der Waals surface area contributed by atoms with Gasteiger partial charge in [0.1, 0.15) is 0 Å². The summed E-state index contributed by atoms with van der Waals surface area (Å²) in [6.07, 6.45) is 1.16. The van der Waals surface area contributed by atoms with Crippen molar-refractivity contribution in [3.8, 4) is 5.88 Å². The van der Waals surface area contributed by atoms with Crippen LogP contribution in [0.3, 0.4) is 0 Å². The first kappa shape index (κ1) is 13.5. The molecule has 1 rings (SSSR count). The van der Waals surface area contributed by atoms with Gasteiger partial charge in [0.15, 0.2) is 0 Å². The molecule has 0 atom stereocenters. The molecule has 0 bridgehead atoms. The average Bonchev–Trinajstić information content (AvgIpc) is 2.34. The molecule has 0 fully saturated rings. The lowest BCUT2D eigenvalue weighted by Crippen LogP contribution is -2.24. The van der Waals surface area contributed by atoms with Crippen molar-refractivity contribution in [1.29, 1.82) is 0 Å². The lowest BCUT2D eigenvalue weighted by molar-refractivity contribution is 0.276. The van der Waals surface area contributed by atoms with Gasteiger partial charge in [-0.2, -0.15) is 0 Å². The Bertz CT molecular complexity index is 307. The normalized spacial score (nSPS) is 10.8. The summed E-state index contributed by atoms with van der Waals surface area (Å²) >= 11 is 3.45. The minimum atomic E-state index is 0.689. The lowest BCUT2D eigenvalue weighted by Gasteiger charge is -2.19. The van der Waals surface area contributed by atoms with Gasteiger partial charge >= 0.3 is 0 Å². The molecule has 1 aromatic heterocycles. The van der Waals surface area contributed by atoms with Crippen LogP contribution in [0.4, 0.5) is 0 Å². The van der Waals surface area contributed by atoms with Crippen LogP contribution in [0.1, 0.15) is 19.0 Å². The second kappa shape index (κ2) is 7.63. The maximum absolute atomic E-state index is 5.11. The monoisotopic (exact) mass is 286 g/mol. The van der Waals surface area contributed by atoms with E-state index < -0.39 is 0 Å². The quantitative estimate of drug-likeness (QED) is 0.721. The van der Waals surface area contributed by atoms with Crippen molar-refractivity contribution in [3.63, 3.8) is 0 Å². The molecule has 0 radical (unpaired) electrons. The number of halogens is 1. The highest BCUT2D eigenvalue weighted by atomic mass is 79.9. The number of ether oxygens (including phenoxy) is 1.